The number of alkyl halides is 3. The van der Waals surface area contributed by atoms with E-state index in [0.29, 0.717) is 13.0 Å². The van der Waals surface area contributed by atoms with Crippen LogP contribution in [0.2, 0.25) is 0 Å². The summed E-state index contributed by atoms with van der Waals surface area (Å²) in [6, 6.07) is 5.01. The maximum Gasteiger partial charge on any atom is 0.416 e. The molecule has 0 saturated carbocycles. The molecule has 1 unspecified atom stereocenters. The number of rotatable bonds is 7. The minimum Gasteiger partial charge on any atom is -0.356 e. The topological polar surface area (TPSA) is 44.4 Å². The lowest BCUT2D eigenvalue weighted by Gasteiger charge is -2.27. The summed E-state index contributed by atoms with van der Waals surface area (Å²) in [6.07, 6.45) is -2.99. The molecule has 4 nitrogen and oxygen atoms in total. The number of amides is 1. The van der Waals surface area contributed by atoms with Gasteiger partial charge in [-0.1, -0.05) is 19.1 Å². The SMILES string of the molecule is CC(Cc1ccc(C(F)(F)F)cc1)C(=O)NCCCN1CCNCC1. The van der Waals surface area contributed by atoms with Crippen molar-refractivity contribution in [3.05, 3.63) is 35.4 Å². The van der Waals surface area contributed by atoms with Gasteiger partial charge in [0.2, 0.25) is 5.91 Å². The van der Waals surface area contributed by atoms with Crippen LogP contribution in [0.1, 0.15) is 24.5 Å². The molecule has 0 aliphatic carbocycles. The van der Waals surface area contributed by atoms with Crippen LogP contribution in [0.15, 0.2) is 24.3 Å². The van der Waals surface area contributed by atoms with Crippen LogP contribution in [0, 0.1) is 5.92 Å². The number of hydrogen-bond donors (Lipinski definition) is 2. The van der Waals surface area contributed by atoms with Crippen LogP contribution in [0.25, 0.3) is 0 Å². The Morgan fingerprint density at radius 2 is 1.88 bits per heavy atom. The second kappa shape index (κ2) is 9.20. The number of benzene rings is 1. The summed E-state index contributed by atoms with van der Waals surface area (Å²) in [7, 11) is 0. The average Bonchev–Trinajstić information content (AvgIpc) is 2.59. The molecule has 1 atom stereocenters. The highest BCUT2D eigenvalue weighted by atomic mass is 19.4. The number of nitrogens with one attached hydrogen (secondary N) is 2. The Labute approximate surface area is 146 Å². The number of carbonyl (C=O) groups is 1. The molecule has 2 rings (SSSR count). The highest BCUT2D eigenvalue weighted by Gasteiger charge is 2.30. The van der Waals surface area contributed by atoms with E-state index in [1.807, 2.05) is 0 Å². The number of carbonyl (C=O) groups excluding carboxylic acids is 1. The van der Waals surface area contributed by atoms with E-state index in [-0.39, 0.29) is 11.8 Å². The Bertz CT molecular complexity index is 539. The molecular weight excluding hydrogens is 331 g/mol. The molecule has 1 aromatic carbocycles. The van der Waals surface area contributed by atoms with Crippen molar-refractivity contribution < 1.29 is 18.0 Å². The summed E-state index contributed by atoms with van der Waals surface area (Å²) < 4.78 is 37.6. The summed E-state index contributed by atoms with van der Waals surface area (Å²) in [6.45, 7) is 7.49. The Balaban J connectivity index is 1.69. The minimum atomic E-state index is -4.33. The fraction of sp³-hybridized carbons (Fsp3) is 0.611. The van der Waals surface area contributed by atoms with E-state index in [0.717, 1.165) is 56.8 Å². The van der Waals surface area contributed by atoms with Gasteiger partial charge in [0.15, 0.2) is 0 Å². The Morgan fingerprint density at radius 1 is 1.24 bits per heavy atom. The third kappa shape index (κ3) is 6.66. The van der Waals surface area contributed by atoms with E-state index < -0.39 is 11.7 Å². The molecule has 140 valence electrons. The summed E-state index contributed by atoms with van der Waals surface area (Å²) in [5, 5.41) is 6.22. The van der Waals surface area contributed by atoms with Crippen molar-refractivity contribution in [3.63, 3.8) is 0 Å². The standard InChI is InChI=1S/C18H26F3N3O/c1-14(13-15-3-5-16(6-4-15)18(19,20)21)17(25)23-7-2-10-24-11-8-22-9-12-24/h3-6,14,22H,2,7-13H2,1H3,(H,23,25). The number of hydrogen-bond acceptors (Lipinski definition) is 3. The molecule has 1 aromatic rings. The molecule has 1 aliphatic rings. The minimum absolute atomic E-state index is 0.0554. The van der Waals surface area contributed by atoms with E-state index in [1.165, 1.54) is 12.1 Å². The van der Waals surface area contributed by atoms with Crippen molar-refractivity contribution in [2.45, 2.75) is 25.9 Å². The van der Waals surface area contributed by atoms with E-state index in [2.05, 4.69) is 15.5 Å². The molecular formula is C18H26F3N3O. The summed E-state index contributed by atoms with van der Waals surface area (Å²) in [5.41, 5.74) is 0.0673. The van der Waals surface area contributed by atoms with Crippen molar-refractivity contribution in [2.75, 3.05) is 39.3 Å². The quantitative estimate of drug-likeness (QED) is 0.736. The van der Waals surface area contributed by atoms with Gasteiger partial charge in [0.05, 0.1) is 5.56 Å². The molecule has 1 amide bonds. The predicted molar refractivity (Wildman–Crippen MR) is 91.2 cm³/mol. The normalized spacial score (nSPS) is 17.3. The van der Waals surface area contributed by atoms with Crippen LogP contribution in [0.4, 0.5) is 13.2 Å². The van der Waals surface area contributed by atoms with E-state index in [9.17, 15) is 18.0 Å². The largest absolute Gasteiger partial charge is 0.416 e. The molecule has 25 heavy (non-hydrogen) atoms. The van der Waals surface area contributed by atoms with E-state index in [1.54, 1.807) is 6.92 Å². The van der Waals surface area contributed by atoms with Gasteiger partial charge >= 0.3 is 6.18 Å². The molecule has 1 aliphatic heterocycles. The third-order valence-corrected chi connectivity index (χ3v) is 4.43. The summed E-state index contributed by atoms with van der Waals surface area (Å²) in [4.78, 5) is 14.5. The molecule has 1 fully saturated rings. The molecule has 1 saturated heterocycles. The van der Waals surface area contributed by atoms with Crippen LogP contribution >= 0.6 is 0 Å². The first-order valence-corrected chi connectivity index (χ1v) is 8.73. The first kappa shape index (κ1) is 19.7. The molecule has 0 radical (unpaired) electrons. The van der Waals surface area contributed by atoms with Gasteiger partial charge in [0, 0.05) is 38.6 Å². The van der Waals surface area contributed by atoms with E-state index in [4.69, 9.17) is 0 Å². The van der Waals surface area contributed by atoms with Gasteiger partial charge in [0.25, 0.3) is 0 Å². The molecule has 1 heterocycles. The van der Waals surface area contributed by atoms with Gasteiger partial charge < -0.3 is 15.5 Å². The number of halogens is 3. The molecule has 0 bridgehead atoms. The highest BCUT2D eigenvalue weighted by Crippen LogP contribution is 2.29. The summed E-state index contributed by atoms with van der Waals surface area (Å²) >= 11 is 0. The second-order valence-corrected chi connectivity index (χ2v) is 6.54. The zero-order chi connectivity index (χ0) is 18.3. The average molecular weight is 357 g/mol. The van der Waals surface area contributed by atoms with Gasteiger partial charge in [-0.25, -0.2) is 0 Å². The zero-order valence-electron chi connectivity index (χ0n) is 14.5. The van der Waals surface area contributed by atoms with Crippen LogP contribution in [0.3, 0.4) is 0 Å². The fourth-order valence-corrected chi connectivity index (χ4v) is 2.90. The fourth-order valence-electron chi connectivity index (χ4n) is 2.90. The Kier molecular flexibility index (Phi) is 7.25. The highest BCUT2D eigenvalue weighted by molar-refractivity contribution is 5.78. The number of piperazine rings is 1. The molecule has 2 N–H and O–H groups in total. The Hall–Kier alpha value is -1.60. The first-order valence-electron chi connectivity index (χ1n) is 8.73. The van der Waals surface area contributed by atoms with Crippen LogP contribution in [0.5, 0.6) is 0 Å². The molecule has 7 heteroatoms. The van der Waals surface area contributed by atoms with Gasteiger partial charge in [-0.2, -0.15) is 13.2 Å². The lowest BCUT2D eigenvalue weighted by atomic mass is 9.99. The van der Waals surface area contributed by atoms with Crippen LogP contribution in [-0.2, 0) is 17.4 Å². The van der Waals surface area contributed by atoms with Gasteiger partial charge in [-0.05, 0) is 37.1 Å². The maximum absolute atomic E-state index is 12.5. The summed E-state index contributed by atoms with van der Waals surface area (Å²) in [5.74, 6) is -0.323. The van der Waals surface area contributed by atoms with Crippen molar-refractivity contribution in [2.24, 2.45) is 5.92 Å². The Morgan fingerprint density at radius 3 is 2.48 bits per heavy atom. The van der Waals surface area contributed by atoms with Crippen molar-refractivity contribution >= 4 is 5.91 Å². The predicted octanol–water partition coefficient (Wildman–Crippen LogP) is 2.30. The molecule has 0 aromatic heterocycles. The maximum atomic E-state index is 12.5. The third-order valence-electron chi connectivity index (χ3n) is 4.43. The smallest absolute Gasteiger partial charge is 0.356 e. The first-order chi connectivity index (χ1) is 11.9. The second-order valence-electron chi connectivity index (χ2n) is 6.54. The zero-order valence-corrected chi connectivity index (χ0v) is 14.5. The van der Waals surface area contributed by atoms with Gasteiger partial charge in [-0.15, -0.1) is 0 Å². The van der Waals surface area contributed by atoms with Gasteiger partial charge in [0.1, 0.15) is 0 Å². The molecule has 0 spiro atoms. The van der Waals surface area contributed by atoms with Crippen molar-refractivity contribution in [1.82, 2.24) is 15.5 Å². The monoisotopic (exact) mass is 357 g/mol. The van der Waals surface area contributed by atoms with Gasteiger partial charge in [-0.3, -0.25) is 4.79 Å². The van der Waals surface area contributed by atoms with Crippen LogP contribution < -0.4 is 10.6 Å². The lowest BCUT2D eigenvalue weighted by Crippen LogP contribution is -2.44. The van der Waals surface area contributed by atoms with E-state index >= 15 is 0 Å². The lowest BCUT2D eigenvalue weighted by molar-refractivity contribution is -0.137. The van der Waals surface area contributed by atoms with Crippen molar-refractivity contribution in [3.8, 4) is 0 Å². The van der Waals surface area contributed by atoms with Crippen LogP contribution in [-0.4, -0.2) is 50.1 Å². The number of nitrogens with zero attached hydrogens (tertiary/aromatic N) is 1. The van der Waals surface area contributed by atoms with Crippen molar-refractivity contribution in [1.29, 1.82) is 0 Å².